The van der Waals surface area contributed by atoms with Gasteiger partial charge in [-0.05, 0) is 55.0 Å². The molecule has 4 rings (SSSR count). The highest BCUT2D eigenvalue weighted by molar-refractivity contribution is 5.93. The Kier molecular flexibility index (Phi) is 6.31. The first-order valence-electron chi connectivity index (χ1n) is 11.0. The van der Waals surface area contributed by atoms with E-state index in [-0.39, 0.29) is 23.4 Å². The summed E-state index contributed by atoms with van der Waals surface area (Å²) in [7, 11) is 3.49. The Morgan fingerprint density at radius 2 is 1.88 bits per heavy atom. The van der Waals surface area contributed by atoms with Crippen LogP contribution < -0.4 is 0 Å². The second-order valence-electron chi connectivity index (χ2n) is 8.96. The average Bonchev–Trinajstić information content (AvgIpc) is 3.24. The van der Waals surface area contributed by atoms with Crippen LogP contribution >= 0.6 is 0 Å². The molecule has 1 fully saturated rings. The van der Waals surface area contributed by atoms with E-state index in [2.05, 4.69) is 4.98 Å². The molecule has 0 saturated carbocycles. The number of aryl methyl sites for hydroxylation is 1. The lowest BCUT2D eigenvalue weighted by molar-refractivity contribution is -0.142. The van der Waals surface area contributed by atoms with Crippen LogP contribution in [-0.2, 0) is 11.2 Å². The van der Waals surface area contributed by atoms with Crippen LogP contribution in [0.2, 0.25) is 0 Å². The molecule has 3 aromatic rings. The van der Waals surface area contributed by atoms with Crippen molar-refractivity contribution in [1.82, 2.24) is 14.8 Å². The number of piperidine rings is 1. The minimum absolute atomic E-state index is 0.00884. The molecular weight excluding hydrogens is 421 g/mol. The summed E-state index contributed by atoms with van der Waals surface area (Å²) in [6.07, 6.45) is 3.13. The maximum atomic E-state index is 13.7. The fourth-order valence-corrected chi connectivity index (χ4v) is 4.74. The molecule has 0 bridgehead atoms. The first-order valence-corrected chi connectivity index (χ1v) is 11.0. The number of benzene rings is 2. The number of carbonyl (C=O) groups is 2. The monoisotopic (exact) mass is 449 g/mol. The van der Waals surface area contributed by atoms with Crippen molar-refractivity contribution in [3.8, 4) is 11.1 Å². The first kappa shape index (κ1) is 22.7. The molecule has 33 heavy (non-hydrogen) atoms. The molecule has 1 saturated heterocycles. The van der Waals surface area contributed by atoms with Crippen LogP contribution in [0.3, 0.4) is 0 Å². The van der Waals surface area contributed by atoms with Gasteiger partial charge in [0.25, 0.3) is 5.91 Å². The minimum atomic E-state index is -0.758. The predicted octanol–water partition coefficient (Wildman–Crippen LogP) is 4.34. The Labute approximate surface area is 193 Å². The number of hydrogen-bond donors (Lipinski definition) is 0. The summed E-state index contributed by atoms with van der Waals surface area (Å²) in [4.78, 5) is 33.9. The van der Waals surface area contributed by atoms with Crippen LogP contribution in [0, 0.1) is 18.2 Å². The number of carbonyl (C=O) groups excluding carboxylic acids is 2. The summed E-state index contributed by atoms with van der Waals surface area (Å²) in [6.45, 7) is 2.59. The largest absolute Gasteiger partial charge is 0.438 e. The van der Waals surface area contributed by atoms with E-state index in [0.29, 0.717) is 38.0 Å². The van der Waals surface area contributed by atoms with E-state index in [1.807, 2.05) is 30.3 Å². The van der Waals surface area contributed by atoms with Gasteiger partial charge in [-0.2, -0.15) is 0 Å². The van der Waals surface area contributed by atoms with Crippen molar-refractivity contribution >= 4 is 11.8 Å². The zero-order valence-corrected chi connectivity index (χ0v) is 19.2. The zero-order chi connectivity index (χ0) is 23.6. The Morgan fingerprint density at radius 3 is 2.55 bits per heavy atom. The van der Waals surface area contributed by atoms with E-state index >= 15 is 0 Å². The summed E-state index contributed by atoms with van der Waals surface area (Å²) in [5.41, 5.74) is 2.42. The summed E-state index contributed by atoms with van der Waals surface area (Å²) < 4.78 is 19.1. The molecule has 2 amide bonds. The Balaban J connectivity index is 1.65. The second kappa shape index (κ2) is 9.17. The molecule has 0 unspecified atom stereocenters. The number of halogens is 1. The van der Waals surface area contributed by atoms with E-state index in [1.165, 1.54) is 18.5 Å². The lowest BCUT2D eigenvalue weighted by Gasteiger charge is -2.43. The van der Waals surface area contributed by atoms with Crippen molar-refractivity contribution in [1.29, 1.82) is 0 Å². The molecule has 0 spiro atoms. The highest BCUT2D eigenvalue weighted by Crippen LogP contribution is 2.37. The lowest BCUT2D eigenvalue weighted by Crippen LogP contribution is -2.54. The van der Waals surface area contributed by atoms with E-state index in [9.17, 15) is 14.0 Å². The molecule has 1 aromatic heterocycles. The van der Waals surface area contributed by atoms with E-state index in [0.717, 1.165) is 16.7 Å². The van der Waals surface area contributed by atoms with Gasteiger partial charge in [-0.25, -0.2) is 9.37 Å². The van der Waals surface area contributed by atoms with Gasteiger partial charge in [0, 0.05) is 27.2 Å². The Bertz CT molecular complexity index is 1170. The molecule has 1 atom stereocenters. The van der Waals surface area contributed by atoms with Gasteiger partial charge in [0.2, 0.25) is 11.7 Å². The molecule has 6 nitrogen and oxygen atoms in total. The van der Waals surface area contributed by atoms with Crippen LogP contribution in [0.5, 0.6) is 0 Å². The normalized spacial score (nSPS) is 18.2. The SMILES string of the molecule is Cc1ncoc1C(=O)N1CCC[C@@](Cc2cccc(-c3cccc(F)c3)c2)(C(=O)N(C)C)C1. The van der Waals surface area contributed by atoms with Crippen molar-refractivity contribution in [2.24, 2.45) is 5.41 Å². The molecule has 2 heterocycles. The van der Waals surface area contributed by atoms with Crippen molar-refractivity contribution in [2.75, 3.05) is 27.2 Å². The molecular formula is C26H28FN3O3. The van der Waals surface area contributed by atoms with Gasteiger partial charge in [0.05, 0.1) is 11.1 Å². The summed E-state index contributed by atoms with van der Waals surface area (Å²) >= 11 is 0. The van der Waals surface area contributed by atoms with Crippen LogP contribution in [0.15, 0.2) is 59.3 Å². The number of rotatable bonds is 5. The van der Waals surface area contributed by atoms with Gasteiger partial charge in [-0.1, -0.05) is 36.4 Å². The highest BCUT2D eigenvalue weighted by atomic mass is 19.1. The maximum absolute atomic E-state index is 13.7. The molecule has 0 aliphatic carbocycles. The fraction of sp³-hybridized carbons (Fsp3) is 0.346. The summed E-state index contributed by atoms with van der Waals surface area (Å²) in [6, 6.07) is 14.3. The van der Waals surface area contributed by atoms with E-state index in [1.54, 1.807) is 36.9 Å². The van der Waals surface area contributed by atoms with Crippen LogP contribution in [0.1, 0.15) is 34.7 Å². The molecule has 0 N–H and O–H groups in total. The predicted molar refractivity (Wildman–Crippen MR) is 123 cm³/mol. The maximum Gasteiger partial charge on any atom is 0.291 e. The quantitative estimate of drug-likeness (QED) is 0.581. The molecule has 172 valence electrons. The van der Waals surface area contributed by atoms with Crippen molar-refractivity contribution in [3.63, 3.8) is 0 Å². The number of hydrogen-bond acceptors (Lipinski definition) is 4. The number of amides is 2. The molecule has 1 aliphatic rings. The van der Waals surface area contributed by atoms with E-state index < -0.39 is 5.41 Å². The van der Waals surface area contributed by atoms with Crippen LogP contribution in [-0.4, -0.2) is 53.8 Å². The molecule has 2 aromatic carbocycles. The van der Waals surface area contributed by atoms with Gasteiger partial charge in [-0.3, -0.25) is 9.59 Å². The van der Waals surface area contributed by atoms with Crippen molar-refractivity contribution in [2.45, 2.75) is 26.2 Å². The van der Waals surface area contributed by atoms with Gasteiger partial charge in [0.1, 0.15) is 5.82 Å². The molecule has 0 radical (unpaired) electrons. The summed E-state index contributed by atoms with van der Waals surface area (Å²) in [5.74, 6) is -0.322. The van der Waals surface area contributed by atoms with Crippen LogP contribution in [0.4, 0.5) is 4.39 Å². The van der Waals surface area contributed by atoms with Crippen molar-refractivity contribution < 1.29 is 18.4 Å². The number of nitrogens with zero attached hydrogens (tertiary/aromatic N) is 3. The standard InChI is InChI=1S/C26H28FN3O3/c1-18-23(33-17-28-18)24(31)30-12-6-11-26(16-30,25(32)29(2)3)15-19-7-4-8-20(13-19)21-9-5-10-22(27)14-21/h4-5,7-10,13-14,17H,6,11-12,15-16H2,1-3H3/t26-/m0/s1. The first-order chi connectivity index (χ1) is 15.8. The molecule has 1 aliphatic heterocycles. The third kappa shape index (κ3) is 4.67. The highest BCUT2D eigenvalue weighted by Gasteiger charge is 2.45. The van der Waals surface area contributed by atoms with Gasteiger partial charge >= 0.3 is 0 Å². The molecule has 7 heteroatoms. The minimum Gasteiger partial charge on any atom is -0.438 e. The van der Waals surface area contributed by atoms with Gasteiger partial charge in [0.15, 0.2) is 6.39 Å². The van der Waals surface area contributed by atoms with Gasteiger partial charge in [-0.15, -0.1) is 0 Å². The smallest absolute Gasteiger partial charge is 0.291 e. The number of aromatic nitrogens is 1. The number of oxazole rings is 1. The third-order valence-corrected chi connectivity index (χ3v) is 6.29. The Hall–Kier alpha value is -3.48. The number of likely N-dealkylation sites (tertiary alicyclic amines) is 1. The lowest BCUT2D eigenvalue weighted by atomic mass is 9.73. The topological polar surface area (TPSA) is 66.7 Å². The van der Waals surface area contributed by atoms with E-state index in [4.69, 9.17) is 4.42 Å². The Morgan fingerprint density at radius 1 is 1.15 bits per heavy atom. The fourth-order valence-electron chi connectivity index (χ4n) is 4.74. The second-order valence-corrected chi connectivity index (χ2v) is 8.96. The van der Waals surface area contributed by atoms with Crippen molar-refractivity contribution in [3.05, 3.63) is 77.8 Å². The van der Waals surface area contributed by atoms with Gasteiger partial charge < -0.3 is 14.2 Å². The van der Waals surface area contributed by atoms with Crippen LogP contribution in [0.25, 0.3) is 11.1 Å². The summed E-state index contributed by atoms with van der Waals surface area (Å²) in [5, 5.41) is 0. The average molecular weight is 450 g/mol. The third-order valence-electron chi connectivity index (χ3n) is 6.29. The zero-order valence-electron chi connectivity index (χ0n) is 19.2.